The molecule has 218 valence electrons. The summed E-state index contributed by atoms with van der Waals surface area (Å²) < 4.78 is 30.5. The second kappa shape index (κ2) is 11.8. The number of carbonyl (C=O) groups is 4. The molecule has 1 aromatic rings. The van der Waals surface area contributed by atoms with E-state index in [0.717, 1.165) is 12.8 Å². The van der Waals surface area contributed by atoms with E-state index in [1.54, 1.807) is 24.3 Å². The van der Waals surface area contributed by atoms with Crippen LogP contribution in [0.1, 0.15) is 59.2 Å². The van der Waals surface area contributed by atoms with Gasteiger partial charge in [0.05, 0.1) is 60.6 Å². The minimum Gasteiger partial charge on any atom is -0.481 e. The zero-order valence-electron chi connectivity index (χ0n) is 22.1. The summed E-state index contributed by atoms with van der Waals surface area (Å²) in [6.07, 6.45) is 2.77. The standard InChI is InChI=1S/C14H20O6.C14H14O6/c15-11(16)13(5-9-7-19-9)3-1-2-4-14(13,12(17)18)6-10-8-20-10;15-13(19-7-9-5-17-9)11-3-1-2-4-12(11)14(16)20-8-10-6-18-10/h9-10H,1-8H2,(H,15,16)(H,17,18);1-4,9-10H,5-8H2. The third-order valence-corrected chi connectivity index (χ3v) is 8.12. The van der Waals surface area contributed by atoms with Gasteiger partial charge in [-0.25, -0.2) is 9.59 Å². The van der Waals surface area contributed by atoms with Gasteiger partial charge in [-0.3, -0.25) is 9.59 Å². The molecule has 4 saturated heterocycles. The van der Waals surface area contributed by atoms with E-state index in [9.17, 15) is 29.4 Å². The molecule has 1 aromatic carbocycles. The first kappa shape index (κ1) is 28.5. The van der Waals surface area contributed by atoms with Gasteiger partial charge in [0.15, 0.2) is 0 Å². The van der Waals surface area contributed by atoms with E-state index < -0.39 is 34.7 Å². The van der Waals surface area contributed by atoms with E-state index in [4.69, 9.17) is 28.4 Å². The van der Waals surface area contributed by atoms with Crippen LogP contribution in [0.4, 0.5) is 0 Å². The van der Waals surface area contributed by atoms with Crippen LogP contribution in [-0.2, 0) is 38.0 Å². The van der Waals surface area contributed by atoms with Gasteiger partial charge in [-0.2, -0.15) is 0 Å². The predicted octanol–water partition coefficient (Wildman–Crippen LogP) is 2.08. The molecule has 1 saturated carbocycles. The fourth-order valence-electron chi connectivity index (χ4n) is 5.53. The van der Waals surface area contributed by atoms with Crippen molar-refractivity contribution in [3.63, 3.8) is 0 Å². The highest BCUT2D eigenvalue weighted by molar-refractivity contribution is 6.03. The van der Waals surface area contributed by atoms with Gasteiger partial charge >= 0.3 is 23.9 Å². The van der Waals surface area contributed by atoms with Crippen molar-refractivity contribution in [2.45, 2.75) is 62.9 Å². The molecule has 12 heteroatoms. The molecule has 12 nitrogen and oxygen atoms in total. The highest BCUT2D eigenvalue weighted by Crippen LogP contribution is 2.58. The lowest BCUT2D eigenvalue weighted by molar-refractivity contribution is -0.183. The number of rotatable bonds is 12. The largest absolute Gasteiger partial charge is 0.481 e. The normalized spacial score (nSPS) is 33.0. The van der Waals surface area contributed by atoms with Gasteiger partial charge in [-0.15, -0.1) is 0 Å². The van der Waals surface area contributed by atoms with Crippen LogP contribution >= 0.6 is 0 Å². The number of epoxide rings is 4. The van der Waals surface area contributed by atoms with Crippen LogP contribution < -0.4 is 0 Å². The fraction of sp³-hybridized carbons (Fsp3) is 0.643. The molecular weight excluding hydrogens is 528 g/mol. The van der Waals surface area contributed by atoms with E-state index in [-0.39, 0.29) is 48.8 Å². The van der Waals surface area contributed by atoms with Crippen LogP contribution in [0.25, 0.3) is 0 Å². The molecule has 0 radical (unpaired) electrons. The van der Waals surface area contributed by atoms with Crippen LogP contribution in [0, 0.1) is 10.8 Å². The first-order valence-electron chi connectivity index (χ1n) is 13.6. The van der Waals surface area contributed by atoms with Gasteiger partial charge in [0.25, 0.3) is 0 Å². The number of ether oxygens (including phenoxy) is 6. The lowest BCUT2D eigenvalue weighted by Gasteiger charge is -2.48. The summed E-state index contributed by atoms with van der Waals surface area (Å²) in [6.45, 7) is 2.72. The third-order valence-electron chi connectivity index (χ3n) is 8.12. The fourth-order valence-corrected chi connectivity index (χ4v) is 5.53. The van der Waals surface area contributed by atoms with Crippen LogP contribution in [0.5, 0.6) is 0 Å². The van der Waals surface area contributed by atoms with Crippen LogP contribution in [-0.4, -0.2) is 98.1 Å². The van der Waals surface area contributed by atoms with Crippen molar-refractivity contribution in [2.24, 2.45) is 10.8 Å². The van der Waals surface area contributed by atoms with Crippen molar-refractivity contribution in [3.8, 4) is 0 Å². The first-order valence-corrected chi connectivity index (χ1v) is 13.6. The third kappa shape index (κ3) is 6.63. The molecular formula is C28H34O12. The van der Waals surface area contributed by atoms with E-state index in [1.165, 1.54) is 0 Å². The molecule has 6 rings (SSSR count). The molecule has 0 aromatic heterocycles. The van der Waals surface area contributed by atoms with E-state index >= 15 is 0 Å². The molecule has 0 spiro atoms. The minimum absolute atomic E-state index is 0.00919. The Morgan fingerprint density at radius 2 is 1.02 bits per heavy atom. The van der Waals surface area contributed by atoms with Crippen molar-refractivity contribution in [3.05, 3.63) is 35.4 Å². The Morgan fingerprint density at radius 1 is 0.675 bits per heavy atom. The van der Waals surface area contributed by atoms with Crippen LogP contribution in [0.15, 0.2) is 24.3 Å². The average Bonchev–Trinajstić information content (AvgIpc) is 3.77. The molecule has 1 aliphatic carbocycles. The smallest absolute Gasteiger partial charge is 0.339 e. The van der Waals surface area contributed by atoms with Crippen LogP contribution in [0.2, 0.25) is 0 Å². The zero-order valence-corrected chi connectivity index (χ0v) is 22.1. The first-order chi connectivity index (χ1) is 19.2. The minimum atomic E-state index is -1.22. The van der Waals surface area contributed by atoms with Crippen molar-refractivity contribution < 1.29 is 57.8 Å². The summed E-state index contributed by atoms with van der Waals surface area (Å²) >= 11 is 0. The summed E-state index contributed by atoms with van der Waals surface area (Å²) in [5.41, 5.74) is -2.03. The Morgan fingerprint density at radius 3 is 1.32 bits per heavy atom. The summed E-state index contributed by atoms with van der Waals surface area (Å²) in [6, 6.07) is 6.43. The van der Waals surface area contributed by atoms with Gasteiger partial charge in [0, 0.05) is 0 Å². The van der Waals surface area contributed by atoms with E-state index in [1.807, 2.05) is 0 Å². The Bertz CT molecular complexity index is 1030. The molecule has 2 N–H and O–H groups in total. The second-order valence-electron chi connectivity index (χ2n) is 11.0. The Hall–Kier alpha value is -3.06. The van der Waals surface area contributed by atoms with E-state index in [2.05, 4.69) is 0 Å². The molecule has 4 heterocycles. The molecule has 5 fully saturated rings. The number of aliphatic carboxylic acids is 2. The van der Waals surface area contributed by atoms with Gasteiger partial charge in [0.1, 0.15) is 25.4 Å². The number of hydrogen-bond donors (Lipinski definition) is 2. The molecule has 6 unspecified atom stereocenters. The van der Waals surface area contributed by atoms with Gasteiger partial charge in [0.2, 0.25) is 0 Å². The highest BCUT2D eigenvalue weighted by atomic mass is 16.6. The van der Waals surface area contributed by atoms with Crippen molar-refractivity contribution in [1.82, 2.24) is 0 Å². The maximum Gasteiger partial charge on any atom is 0.339 e. The number of carboxylic acids is 2. The highest BCUT2D eigenvalue weighted by Gasteiger charge is 2.64. The van der Waals surface area contributed by atoms with Gasteiger partial charge < -0.3 is 38.6 Å². The Labute approximate surface area is 230 Å². The van der Waals surface area contributed by atoms with Gasteiger partial charge in [-0.05, 0) is 37.8 Å². The quantitative estimate of drug-likeness (QED) is 0.280. The molecule has 6 atom stereocenters. The zero-order chi connectivity index (χ0) is 28.3. The number of carbonyl (C=O) groups excluding carboxylic acids is 2. The Balaban J connectivity index is 0.000000161. The second-order valence-corrected chi connectivity index (χ2v) is 11.0. The summed E-state index contributed by atoms with van der Waals surface area (Å²) in [5, 5.41) is 19.6. The summed E-state index contributed by atoms with van der Waals surface area (Å²) in [7, 11) is 0. The van der Waals surface area contributed by atoms with Gasteiger partial charge in [-0.1, -0.05) is 25.0 Å². The van der Waals surface area contributed by atoms with Crippen LogP contribution in [0.3, 0.4) is 0 Å². The van der Waals surface area contributed by atoms with Crippen molar-refractivity contribution in [1.29, 1.82) is 0 Å². The SMILES string of the molecule is O=C(O)C1(CC2CO2)CCCCC1(CC1CO1)C(=O)O.O=C(OCC1CO1)c1ccccc1C(=O)OCC1CO1. The monoisotopic (exact) mass is 562 g/mol. The molecule has 40 heavy (non-hydrogen) atoms. The lowest BCUT2D eigenvalue weighted by atomic mass is 9.52. The molecule has 0 bridgehead atoms. The number of esters is 2. The van der Waals surface area contributed by atoms with Crippen molar-refractivity contribution >= 4 is 23.9 Å². The summed E-state index contributed by atoms with van der Waals surface area (Å²) in [4.78, 5) is 47.9. The lowest BCUT2D eigenvalue weighted by Crippen LogP contribution is -2.55. The number of carboxylic acid groups (broad SMARTS) is 2. The molecule has 0 amide bonds. The molecule has 4 aliphatic heterocycles. The number of benzene rings is 1. The maximum absolute atomic E-state index is 12.0. The summed E-state index contributed by atoms with van der Waals surface area (Å²) in [5.74, 6) is -3.07. The molecule has 5 aliphatic rings. The average molecular weight is 563 g/mol. The van der Waals surface area contributed by atoms with Crippen molar-refractivity contribution in [2.75, 3.05) is 39.6 Å². The number of hydrogen-bond acceptors (Lipinski definition) is 10. The topological polar surface area (TPSA) is 177 Å². The predicted molar refractivity (Wildman–Crippen MR) is 134 cm³/mol. The Kier molecular flexibility index (Phi) is 8.41. The maximum atomic E-state index is 12.0. The van der Waals surface area contributed by atoms with E-state index in [0.29, 0.717) is 52.1 Å².